The standard InChI is InChI=1S/C7H8ClN3O4S2.H2S/c8-4-1-5-7(2-6(4)16(9,12)13)17(14,15)11-3-10-5;/h1-2,10-11H,3H2,(H2,9,12,13);1H2. The molecule has 0 aliphatic carbocycles. The maximum atomic E-state index is 11.6. The second-order valence-electron chi connectivity index (χ2n) is 3.33. The molecule has 1 aromatic rings. The van der Waals surface area contributed by atoms with Gasteiger partial charge in [-0.3, -0.25) is 0 Å². The average Bonchev–Trinajstić information content (AvgIpc) is 2.13. The van der Waals surface area contributed by atoms with Crippen molar-refractivity contribution in [2.75, 3.05) is 12.0 Å². The molecule has 0 saturated heterocycles. The fraction of sp³-hybridized carbons (Fsp3) is 0.143. The van der Waals surface area contributed by atoms with Crippen LogP contribution in [-0.4, -0.2) is 23.5 Å². The van der Waals surface area contributed by atoms with Crippen molar-refractivity contribution < 1.29 is 16.8 Å². The molecule has 2 rings (SSSR count). The molecule has 7 nitrogen and oxygen atoms in total. The first-order valence-corrected chi connectivity index (χ1v) is 7.72. The number of benzene rings is 1. The Morgan fingerprint density at radius 2 is 1.94 bits per heavy atom. The summed E-state index contributed by atoms with van der Waals surface area (Å²) in [7, 11) is -7.80. The van der Waals surface area contributed by atoms with E-state index in [0.29, 0.717) is 0 Å². The zero-order valence-electron chi connectivity index (χ0n) is 8.77. The van der Waals surface area contributed by atoms with Crippen molar-refractivity contribution in [2.45, 2.75) is 9.79 Å². The monoisotopic (exact) mass is 331 g/mol. The van der Waals surface area contributed by atoms with Crippen molar-refractivity contribution >= 4 is 50.8 Å². The first-order chi connectivity index (χ1) is 7.72. The Morgan fingerprint density at radius 1 is 1.33 bits per heavy atom. The van der Waals surface area contributed by atoms with Gasteiger partial charge in [-0.25, -0.2) is 22.0 Å². The summed E-state index contributed by atoms with van der Waals surface area (Å²) in [6, 6.07) is 2.15. The lowest BCUT2D eigenvalue weighted by Gasteiger charge is -2.20. The number of halogens is 1. The molecule has 0 saturated carbocycles. The van der Waals surface area contributed by atoms with Crippen LogP contribution in [0.5, 0.6) is 0 Å². The minimum atomic E-state index is -4.07. The summed E-state index contributed by atoms with van der Waals surface area (Å²) in [6.45, 7) is 0.0143. The summed E-state index contributed by atoms with van der Waals surface area (Å²) in [5.74, 6) is 0. The maximum absolute atomic E-state index is 11.6. The Kier molecular flexibility index (Phi) is 4.20. The molecular formula is C7H10ClN3O4S3. The summed E-state index contributed by atoms with van der Waals surface area (Å²) in [6.07, 6.45) is 0. The number of nitrogens with one attached hydrogen (secondary N) is 2. The summed E-state index contributed by atoms with van der Waals surface area (Å²) < 4.78 is 47.9. The van der Waals surface area contributed by atoms with Gasteiger partial charge < -0.3 is 5.32 Å². The van der Waals surface area contributed by atoms with Crippen molar-refractivity contribution in [3.63, 3.8) is 0 Å². The fourth-order valence-electron chi connectivity index (χ4n) is 1.42. The van der Waals surface area contributed by atoms with Crippen molar-refractivity contribution in [1.29, 1.82) is 0 Å². The van der Waals surface area contributed by atoms with E-state index in [2.05, 4.69) is 10.0 Å². The van der Waals surface area contributed by atoms with Crippen molar-refractivity contribution in [3.8, 4) is 0 Å². The largest absolute Gasteiger partial charge is 0.370 e. The highest BCUT2D eigenvalue weighted by molar-refractivity contribution is 7.90. The summed E-state index contributed by atoms with van der Waals surface area (Å²) in [5, 5.41) is 7.53. The third kappa shape index (κ3) is 2.73. The number of nitrogens with two attached hydrogens (primary N) is 1. The average molecular weight is 332 g/mol. The topological polar surface area (TPSA) is 118 Å². The predicted octanol–water partition coefficient (Wildman–Crippen LogP) is -0.238. The number of hydrogen-bond acceptors (Lipinski definition) is 5. The van der Waals surface area contributed by atoms with Gasteiger partial charge in [0, 0.05) is 0 Å². The predicted molar refractivity (Wildman–Crippen MR) is 72.0 cm³/mol. The third-order valence-corrected chi connectivity index (χ3v) is 4.99. The van der Waals surface area contributed by atoms with E-state index in [1.54, 1.807) is 0 Å². The molecule has 4 N–H and O–H groups in total. The summed E-state index contributed by atoms with van der Waals surface area (Å²) in [5.41, 5.74) is 0.237. The van der Waals surface area contributed by atoms with E-state index in [9.17, 15) is 16.8 Å². The van der Waals surface area contributed by atoms with Crippen LogP contribution in [0.1, 0.15) is 0 Å². The number of hydrogen-bond donors (Lipinski definition) is 3. The molecule has 0 bridgehead atoms. The molecule has 0 unspecified atom stereocenters. The second-order valence-corrected chi connectivity index (χ2v) is 7.00. The molecule has 0 amide bonds. The lowest BCUT2D eigenvalue weighted by Crippen LogP contribution is -2.34. The molecule has 1 aliphatic rings. The highest BCUT2D eigenvalue weighted by Crippen LogP contribution is 2.32. The van der Waals surface area contributed by atoms with Gasteiger partial charge in [-0.15, -0.1) is 0 Å². The van der Waals surface area contributed by atoms with Crippen LogP contribution in [0.25, 0.3) is 0 Å². The van der Waals surface area contributed by atoms with Crippen LogP contribution >= 0.6 is 25.1 Å². The number of anilines is 1. The summed E-state index contributed by atoms with van der Waals surface area (Å²) in [4.78, 5) is -0.621. The lowest BCUT2D eigenvalue weighted by atomic mass is 10.3. The Hall–Kier alpha value is -0.520. The van der Waals surface area contributed by atoms with Crippen LogP contribution in [-0.2, 0) is 20.0 Å². The molecule has 0 spiro atoms. The highest BCUT2D eigenvalue weighted by Gasteiger charge is 2.26. The van der Waals surface area contributed by atoms with E-state index in [4.69, 9.17) is 16.7 Å². The summed E-state index contributed by atoms with van der Waals surface area (Å²) >= 11 is 5.72. The minimum Gasteiger partial charge on any atom is -0.370 e. The molecule has 11 heteroatoms. The maximum Gasteiger partial charge on any atom is 0.244 e. The van der Waals surface area contributed by atoms with Gasteiger partial charge in [0.1, 0.15) is 9.79 Å². The van der Waals surface area contributed by atoms with Gasteiger partial charge in [0.05, 0.1) is 17.4 Å². The van der Waals surface area contributed by atoms with E-state index < -0.39 is 24.9 Å². The van der Waals surface area contributed by atoms with Crippen LogP contribution < -0.4 is 15.2 Å². The normalized spacial score (nSPS) is 17.2. The van der Waals surface area contributed by atoms with Gasteiger partial charge in [0.25, 0.3) is 0 Å². The first kappa shape index (κ1) is 15.5. The van der Waals surface area contributed by atoms with Crippen molar-refractivity contribution in [3.05, 3.63) is 17.2 Å². The Labute approximate surface area is 116 Å². The van der Waals surface area contributed by atoms with E-state index in [1.165, 1.54) is 6.07 Å². The molecule has 0 fully saturated rings. The minimum absolute atomic E-state index is 0. The Balaban J connectivity index is 0.00000162. The number of fused-ring (bicyclic) bond motifs is 1. The second kappa shape index (κ2) is 4.87. The lowest BCUT2D eigenvalue weighted by molar-refractivity contribution is 0.581. The Bertz CT molecular complexity index is 686. The number of rotatable bonds is 1. The van der Waals surface area contributed by atoms with E-state index >= 15 is 0 Å². The van der Waals surface area contributed by atoms with Gasteiger partial charge in [-0.05, 0) is 12.1 Å². The van der Waals surface area contributed by atoms with Crippen LogP contribution in [0, 0.1) is 0 Å². The smallest absolute Gasteiger partial charge is 0.244 e. The van der Waals surface area contributed by atoms with Crippen LogP contribution in [0.15, 0.2) is 21.9 Å². The van der Waals surface area contributed by atoms with Gasteiger partial charge in [-0.2, -0.15) is 18.2 Å². The number of primary sulfonamides is 1. The van der Waals surface area contributed by atoms with Gasteiger partial charge in [0.15, 0.2) is 0 Å². The van der Waals surface area contributed by atoms with Gasteiger partial charge in [-0.1, -0.05) is 11.6 Å². The zero-order valence-corrected chi connectivity index (χ0v) is 12.2. The molecule has 1 aromatic carbocycles. The third-order valence-electron chi connectivity index (χ3n) is 2.17. The van der Waals surface area contributed by atoms with Crippen LogP contribution in [0.4, 0.5) is 5.69 Å². The molecule has 102 valence electrons. The zero-order chi connectivity index (χ0) is 12.8. The molecule has 1 aliphatic heterocycles. The molecular weight excluding hydrogens is 322 g/mol. The van der Waals surface area contributed by atoms with E-state index in [0.717, 1.165) is 6.07 Å². The van der Waals surface area contributed by atoms with Gasteiger partial charge >= 0.3 is 0 Å². The molecule has 18 heavy (non-hydrogen) atoms. The fourth-order valence-corrected chi connectivity index (χ4v) is 3.70. The van der Waals surface area contributed by atoms with E-state index in [1.807, 2.05) is 0 Å². The Morgan fingerprint density at radius 3 is 2.50 bits per heavy atom. The van der Waals surface area contributed by atoms with Crippen molar-refractivity contribution in [1.82, 2.24) is 4.72 Å². The molecule has 0 atom stereocenters. The van der Waals surface area contributed by atoms with Crippen LogP contribution in [0.2, 0.25) is 5.02 Å². The molecule has 1 heterocycles. The van der Waals surface area contributed by atoms with Crippen LogP contribution in [0.3, 0.4) is 0 Å². The SMILES string of the molecule is NS(=O)(=O)c1cc2c(cc1Cl)NCNS2(=O)=O.S. The molecule has 0 aromatic heterocycles. The van der Waals surface area contributed by atoms with E-state index in [-0.39, 0.29) is 35.8 Å². The quantitative estimate of drug-likeness (QED) is 0.656. The van der Waals surface area contributed by atoms with Gasteiger partial charge in [0.2, 0.25) is 20.0 Å². The number of sulfonamides is 2. The first-order valence-electron chi connectivity index (χ1n) is 4.32. The highest BCUT2D eigenvalue weighted by atomic mass is 35.5. The van der Waals surface area contributed by atoms with Crippen molar-refractivity contribution in [2.24, 2.45) is 5.14 Å². The molecule has 0 radical (unpaired) electrons.